The van der Waals surface area contributed by atoms with Crippen LogP contribution in [0.3, 0.4) is 0 Å². The maximum absolute atomic E-state index is 14.3. The van der Waals surface area contributed by atoms with E-state index in [0.29, 0.717) is 66.1 Å². The van der Waals surface area contributed by atoms with Gasteiger partial charge in [0.2, 0.25) is 0 Å². The molecule has 15 rings (SSSR count). The van der Waals surface area contributed by atoms with E-state index in [4.69, 9.17) is 33.4 Å². The molecule has 12 N–H and O–H groups in total. The van der Waals surface area contributed by atoms with Gasteiger partial charge in [-0.15, -0.1) is 15.3 Å². The minimum Gasteiger partial charge on any atom is -0.394 e. The Morgan fingerprint density at radius 3 is 1.07 bits per heavy atom. The van der Waals surface area contributed by atoms with Crippen LogP contribution >= 0.6 is 35.3 Å². The van der Waals surface area contributed by atoms with E-state index in [1.165, 1.54) is 67.5 Å². The topological polar surface area (TPSA) is 415 Å². The highest BCUT2D eigenvalue weighted by Crippen LogP contribution is 2.48. The molecule has 0 aliphatic heterocycles. The van der Waals surface area contributed by atoms with E-state index >= 15 is 0 Å². The van der Waals surface area contributed by atoms with Gasteiger partial charge < -0.3 is 76.1 Å². The predicted molar refractivity (Wildman–Crippen MR) is 398 cm³/mol. The Balaban J connectivity index is 0.000000158. The first-order chi connectivity index (χ1) is 57.1. The Hall–Kier alpha value is -7.14. The Morgan fingerprint density at radius 2 is 0.778 bits per heavy atom. The molecule has 30 nitrogen and oxygen atoms in total. The molecule has 0 spiro atoms. The SMILES string of the molecule is [2H]C([2H])(CO)O[C@H]1C[C@@H](n2nnc3c(N[C@]4([2H])C[C@@]4([2H])c4ccc(C)c(F)c4)nc(SCCC)nc32)[C@H](O)[C@@H]1O.[2H]C([2H])(O)C([2H])([2H])O[C@H]1C[C@@H](n2nnc3c(N[C@]4([2H])C[C@@]4([2H])c4ccc(C)c(F)c4)nc(SCCC)nc32)[C@H](O)[C@@H]1O.[2H]C([2H])(O)CO[C@H]1C[C@@H](n2nnc3c(N[C@]4([2H])C[C@@]4([2H])c4ccc(C)c(F)c4)nc(SCCC)nc32)[C@H](O)[C@@H]1O. The number of hydrogen-bond acceptors (Lipinski definition) is 30. The molecule has 0 unspecified atom stereocenters. The van der Waals surface area contributed by atoms with Crippen molar-refractivity contribution in [2.45, 2.75) is 224 Å². The van der Waals surface area contributed by atoms with Crippen LogP contribution in [0.4, 0.5) is 30.6 Å². The zero-order valence-corrected chi connectivity index (χ0v) is 61.8. The van der Waals surface area contributed by atoms with Crippen molar-refractivity contribution >= 4 is 86.2 Å². The van der Waals surface area contributed by atoms with Gasteiger partial charge in [-0.1, -0.05) is 108 Å². The Morgan fingerprint density at radius 1 is 0.454 bits per heavy atom. The van der Waals surface area contributed by atoms with Crippen LogP contribution in [0.25, 0.3) is 33.5 Å². The van der Waals surface area contributed by atoms with Crippen molar-refractivity contribution in [3.63, 3.8) is 0 Å². The van der Waals surface area contributed by atoms with E-state index in [1.807, 2.05) is 20.8 Å². The normalized spacial score (nSPS) is 34.1. The van der Waals surface area contributed by atoms with E-state index in [2.05, 4.69) is 76.8 Å². The van der Waals surface area contributed by atoms with E-state index in [-0.39, 0.29) is 89.5 Å². The second kappa shape index (κ2) is 35.1. The molecule has 0 saturated heterocycles. The average Bonchev–Trinajstić information content (AvgIpc) is 1.55. The number of aryl methyl sites for hydroxylation is 3. The number of thioether (sulfide) groups is 3. The Kier molecular flexibility index (Phi) is 20.3. The molecule has 18 atom stereocenters. The van der Waals surface area contributed by atoms with Crippen LogP contribution in [0.15, 0.2) is 70.1 Å². The minimum absolute atomic E-state index is 0.0342. The van der Waals surface area contributed by atoms with Gasteiger partial charge in [0, 0.05) is 76.4 Å². The second-order valence-electron chi connectivity index (χ2n) is 26.6. The third-order valence-corrected chi connectivity index (χ3v) is 22.2. The molecule has 6 aromatic heterocycles. The minimum atomic E-state index is -3.37. The van der Waals surface area contributed by atoms with Gasteiger partial charge in [-0.2, -0.15) is 0 Å². The van der Waals surface area contributed by atoms with Gasteiger partial charge >= 0.3 is 0 Å². The number of ether oxygens (including phenoxy) is 3. The van der Waals surface area contributed by atoms with E-state index in [9.17, 15) is 59.1 Å². The number of aromatic nitrogens is 15. The molecule has 6 aliphatic rings. The molecule has 108 heavy (non-hydrogen) atoms. The summed E-state index contributed by atoms with van der Waals surface area (Å²) in [6, 6.07) is 6.04. The first kappa shape index (κ1) is 62.5. The predicted octanol–water partition coefficient (Wildman–Crippen LogP) is 6.55. The van der Waals surface area contributed by atoms with Crippen LogP contribution in [-0.2, 0) is 14.2 Å². The maximum Gasteiger partial charge on any atom is 0.191 e. The van der Waals surface area contributed by atoms with Crippen molar-refractivity contribution in [1.82, 2.24) is 74.9 Å². The average molecular weight is 1570 g/mol. The summed E-state index contributed by atoms with van der Waals surface area (Å²) in [4.78, 5) is 27.3. The number of rotatable bonds is 30. The lowest BCUT2D eigenvalue weighted by Crippen LogP contribution is -2.33. The molecule has 3 aromatic carbocycles. The summed E-state index contributed by atoms with van der Waals surface area (Å²) in [6.07, 6.45) is -9.84. The third-order valence-electron chi connectivity index (χ3n) is 19.0. The summed E-state index contributed by atoms with van der Waals surface area (Å²) >= 11 is 4.05. The van der Waals surface area contributed by atoms with Crippen LogP contribution in [0.1, 0.15) is 167 Å². The van der Waals surface area contributed by atoms with Gasteiger partial charge in [0.25, 0.3) is 0 Å². The standard InChI is InChI=1S/3C24H31FN6O4S/c3*1-3-8-36-24-27-22(26-16-10-14(16)13-5-4-12(2)15(25)9-13)19-23(28-24)31(30-29-19)17-11-18(35-7-6-32)21(34)20(17)33/h3*4-5,9,14,16-18,20-21,32-34H,3,6-8,10-11H2,1-2H3,(H,26,27,28)/t3*14-,16+,17+,18-,20-,21+/m000/s1/i6D2,7D2,14D,16D;7D2,14D,16D;6D2,14D,16D. The van der Waals surface area contributed by atoms with Gasteiger partial charge in [-0.25, -0.2) is 57.1 Å². The molecule has 6 heterocycles. The van der Waals surface area contributed by atoms with Crippen LogP contribution in [-0.4, -0.2) is 251 Å². The summed E-state index contributed by atoms with van der Waals surface area (Å²) in [7, 11) is 0. The van der Waals surface area contributed by atoms with Gasteiger partial charge in [0.05, 0.1) is 91.0 Å². The zero-order chi connectivity index (χ0) is 88.9. The number of halogens is 3. The molecule has 582 valence electrons. The molecule has 0 bridgehead atoms. The Bertz CT molecular complexity index is 5350. The molecular weight excluding hydrogens is 1460 g/mol. The van der Waals surface area contributed by atoms with Crippen molar-refractivity contribution in [2.24, 2.45) is 0 Å². The van der Waals surface area contributed by atoms with Gasteiger partial charge in [0.1, 0.15) is 54.1 Å². The number of anilines is 3. The molecule has 6 saturated carbocycles. The lowest BCUT2D eigenvalue weighted by Gasteiger charge is -2.17. The van der Waals surface area contributed by atoms with Gasteiger partial charge in [-0.3, -0.25) is 0 Å². The van der Waals surface area contributed by atoms with Crippen molar-refractivity contribution < 1.29 is 92.5 Å². The molecule has 6 fully saturated rings. The third kappa shape index (κ3) is 17.5. The summed E-state index contributed by atoms with van der Waals surface area (Å²) < 4.78 is 176. The molecular formula is C72H93F3N18O12S3. The fourth-order valence-corrected chi connectivity index (χ4v) is 15.0. The first-order valence-corrected chi connectivity index (χ1v) is 38.1. The number of benzene rings is 3. The number of nitrogens with one attached hydrogen (secondary N) is 3. The summed E-state index contributed by atoms with van der Waals surface area (Å²) in [5.74, 6) is -3.23. The van der Waals surface area contributed by atoms with Crippen LogP contribution in [0.2, 0.25) is 0 Å². The number of hydrogen-bond donors (Lipinski definition) is 12. The lowest BCUT2D eigenvalue weighted by atomic mass is 10.1. The number of nitrogens with zero attached hydrogens (tertiary/aromatic N) is 15. The largest absolute Gasteiger partial charge is 0.394 e. The maximum atomic E-state index is 14.3. The quantitative estimate of drug-likeness (QED) is 0.0168. The highest BCUT2D eigenvalue weighted by atomic mass is 32.2. The fraction of sp³-hybridized carbons (Fsp3) is 0.583. The highest BCUT2D eigenvalue weighted by molar-refractivity contribution is 7.99. The Labute approximate surface area is 652 Å². The summed E-state index contributed by atoms with van der Waals surface area (Å²) in [5, 5.41) is 127. The number of fused-ring (bicyclic) bond motifs is 3. The van der Waals surface area contributed by atoms with Crippen molar-refractivity contribution in [3.8, 4) is 0 Å². The molecule has 36 heteroatoms. The van der Waals surface area contributed by atoms with Crippen molar-refractivity contribution in [1.29, 1.82) is 0 Å². The molecule has 0 radical (unpaired) electrons. The second-order valence-corrected chi connectivity index (χ2v) is 29.8. The number of aliphatic hydroxyl groups excluding tert-OH is 7. The van der Waals surface area contributed by atoms with Gasteiger partial charge in [-0.05, 0) is 111 Å². The first-order valence-electron chi connectivity index (χ1n) is 42.1. The van der Waals surface area contributed by atoms with Crippen molar-refractivity contribution in [2.75, 3.05) is 72.7 Å². The van der Waals surface area contributed by atoms with Crippen LogP contribution in [0, 0.1) is 38.2 Å². The monoisotopic (exact) mass is 1570 g/mol. The van der Waals surface area contributed by atoms with E-state index in [1.54, 1.807) is 57.2 Å². The highest BCUT2D eigenvalue weighted by Gasteiger charge is 2.49. The fourth-order valence-electron chi connectivity index (χ4n) is 12.9. The van der Waals surface area contributed by atoms with Crippen molar-refractivity contribution in [3.05, 3.63) is 105 Å². The smallest absolute Gasteiger partial charge is 0.191 e. The van der Waals surface area contributed by atoms with Gasteiger partial charge in [0.15, 0.2) is 66.4 Å². The van der Waals surface area contributed by atoms with E-state index < -0.39 is 166 Å². The molecule has 0 amide bonds. The lowest BCUT2D eigenvalue weighted by molar-refractivity contribution is -0.0629. The summed E-state index contributed by atoms with van der Waals surface area (Å²) in [6.45, 7) is -2.35. The zero-order valence-electron chi connectivity index (χ0n) is 73.3. The number of aliphatic hydroxyl groups is 9. The molecule has 9 aromatic rings. The molecule has 6 aliphatic carbocycles. The summed E-state index contributed by atoms with van der Waals surface area (Å²) in [5.41, 5.74) is 3.44. The van der Waals surface area contributed by atoms with Crippen LogP contribution in [0.5, 0.6) is 0 Å². The van der Waals surface area contributed by atoms with Crippen LogP contribution < -0.4 is 16.0 Å². The van der Waals surface area contributed by atoms with E-state index in [0.717, 1.165) is 19.3 Å².